The molecular weight excluding hydrogens is 226 g/mol. The fourth-order valence-electron chi connectivity index (χ4n) is 1.91. The van der Waals surface area contributed by atoms with E-state index in [1.807, 2.05) is 55.8 Å². The van der Waals surface area contributed by atoms with Crippen LogP contribution in [0.1, 0.15) is 35.8 Å². The molecular formula is C15H17NO2. The highest BCUT2D eigenvalue weighted by Crippen LogP contribution is 2.26. The van der Waals surface area contributed by atoms with Crippen molar-refractivity contribution in [1.82, 2.24) is 4.57 Å². The molecule has 3 heteroatoms. The fraction of sp³-hybridized carbons (Fsp3) is 0.267. The van der Waals surface area contributed by atoms with Gasteiger partial charge in [0.05, 0.1) is 5.56 Å². The third-order valence-electron chi connectivity index (χ3n) is 3.04. The van der Waals surface area contributed by atoms with Gasteiger partial charge in [0.1, 0.15) is 0 Å². The molecule has 0 spiro atoms. The van der Waals surface area contributed by atoms with Gasteiger partial charge in [0.25, 0.3) is 0 Å². The normalized spacial score (nSPS) is 10.9. The zero-order chi connectivity index (χ0) is 13.3. The first-order valence-electron chi connectivity index (χ1n) is 6.01. The van der Waals surface area contributed by atoms with Gasteiger partial charge in [-0.3, -0.25) is 0 Å². The highest BCUT2D eigenvalue weighted by molar-refractivity contribution is 5.96. The number of hydrogen-bond acceptors (Lipinski definition) is 1. The summed E-state index contributed by atoms with van der Waals surface area (Å²) in [5.74, 6) is -0.884. The van der Waals surface area contributed by atoms with Crippen molar-refractivity contribution in [3.8, 4) is 11.1 Å². The van der Waals surface area contributed by atoms with E-state index in [0.29, 0.717) is 5.56 Å². The highest BCUT2D eigenvalue weighted by atomic mass is 16.4. The van der Waals surface area contributed by atoms with Crippen LogP contribution >= 0.6 is 0 Å². The van der Waals surface area contributed by atoms with E-state index in [1.54, 1.807) is 6.20 Å². The Bertz CT molecular complexity index is 565. The van der Waals surface area contributed by atoms with Crippen molar-refractivity contribution in [2.45, 2.75) is 26.8 Å². The molecule has 1 heterocycles. The first-order valence-corrected chi connectivity index (χ1v) is 6.01. The molecule has 0 aliphatic carbocycles. The Morgan fingerprint density at radius 2 is 1.78 bits per heavy atom. The van der Waals surface area contributed by atoms with Gasteiger partial charge < -0.3 is 9.67 Å². The number of carboxylic acid groups (broad SMARTS) is 1. The molecule has 0 aliphatic rings. The van der Waals surface area contributed by atoms with E-state index < -0.39 is 5.97 Å². The number of benzene rings is 1. The van der Waals surface area contributed by atoms with Gasteiger partial charge in [0.15, 0.2) is 0 Å². The Kier molecular flexibility index (Phi) is 3.24. The van der Waals surface area contributed by atoms with E-state index in [0.717, 1.165) is 11.1 Å². The van der Waals surface area contributed by atoms with Crippen molar-refractivity contribution in [3.63, 3.8) is 0 Å². The van der Waals surface area contributed by atoms with Crippen molar-refractivity contribution < 1.29 is 9.90 Å². The molecule has 0 aliphatic heterocycles. The maximum Gasteiger partial charge on any atom is 0.337 e. The van der Waals surface area contributed by atoms with Crippen LogP contribution in [0.5, 0.6) is 0 Å². The van der Waals surface area contributed by atoms with Crippen LogP contribution in [0.25, 0.3) is 11.1 Å². The molecule has 0 saturated heterocycles. The summed E-state index contributed by atoms with van der Waals surface area (Å²) in [6.45, 7) is 6.08. The third-order valence-corrected chi connectivity index (χ3v) is 3.04. The number of nitrogens with zero attached hydrogens (tertiary/aromatic N) is 1. The summed E-state index contributed by atoms with van der Waals surface area (Å²) in [5.41, 5.74) is 3.24. The zero-order valence-corrected chi connectivity index (χ0v) is 10.8. The molecule has 3 nitrogen and oxygen atoms in total. The van der Waals surface area contributed by atoms with Crippen LogP contribution in [0, 0.1) is 6.92 Å². The van der Waals surface area contributed by atoms with Crippen molar-refractivity contribution in [3.05, 3.63) is 47.8 Å². The predicted octanol–water partition coefficient (Wildman–Crippen LogP) is 3.74. The van der Waals surface area contributed by atoms with Crippen molar-refractivity contribution in [1.29, 1.82) is 0 Å². The van der Waals surface area contributed by atoms with Crippen LogP contribution in [0.2, 0.25) is 0 Å². The van der Waals surface area contributed by atoms with E-state index in [4.69, 9.17) is 0 Å². The molecule has 94 valence electrons. The molecule has 1 aromatic heterocycles. The molecule has 1 N–H and O–H groups in total. The lowest BCUT2D eigenvalue weighted by atomic mass is 10.0. The summed E-state index contributed by atoms with van der Waals surface area (Å²) in [5, 5.41) is 9.26. The van der Waals surface area contributed by atoms with E-state index in [9.17, 15) is 9.90 Å². The Morgan fingerprint density at radius 3 is 2.28 bits per heavy atom. The Balaban J connectivity index is 2.55. The first kappa shape index (κ1) is 12.4. The lowest BCUT2D eigenvalue weighted by Gasteiger charge is -2.05. The lowest BCUT2D eigenvalue weighted by molar-refractivity contribution is 0.0697. The number of hydrogen-bond donors (Lipinski definition) is 1. The van der Waals surface area contributed by atoms with Gasteiger partial charge >= 0.3 is 5.97 Å². The Hall–Kier alpha value is -2.03. The number of aromatic carboxylic acids is 1. The molecule has 1 aromatic carbocycles. The summed E-state index contributed by atoms with van der Waals surface area (Å²) in [4.78, 5) is 11.3. The highest BCUT2D eigenvalue weighted by Gasteiger charge is 2.15. The molecule has 0 bridgehead atoms. The summed E-state index contributed by atoms with van der Waals surface area (Å²) in [7, 11) is 0. The second-order valence-corrected chi connectivity index (χ2v) is 4.80. The maximum atomic E-state index is 11.3. The lowest BCUT2D eigenvalue weighted by Crippen LogP contribution is -1.98. The van der Waals surface area contributed by atoms with Gasteiger partial charge in [-0.2, -0.15) is 0 Å². The van der Waals surface area contributed by atoms with Crippen LogP contribution < -0.4 is 0 Å². The van der Waals surface area contributed by atoms with Gasteiger partial charge in [-0.15, -0.1) is 0 Å². The monoisotopic (exact) mass is 243 g/mol. The molecule has 2 rings (SSSR count). The van der Waals surface area contributed by atoms with Gasteiger partial charge in [-0.05, 0) is 26.3 Å². The van der Waals surface area contributed by atoms with Crippen LogP contribution in [-0.4, -0.2) is 15.6 Å². The summed E-state index contributed by atoms with van der Waals surface area (Å²) in [6, 6.07) is 8.16. The van der Waals surface area contributed by atoms with Gasteiger partial charge in [0, 0.05) is 24.0 Å². The van der Waals surface area contributed by atoms with E-state index in [1.165, 1.54) is 5.56 Å². The number of carbonyl (C=O) groups is 1. The topological polar surface area (TPSA) is 42.2 Å². The summed E-state index contributed by atoms with van der Waals surface area (Å²) >= 11 is 0. The molecule has 0 unspecified atom stereocenters. The standard InChI is InChI=1S/C15H17NO2/c1-10(2)16-8-13(14(9-16)15(17)18)12-6-4-11(3)5-7-12/h4-10H,1-3H3,(H,17,18). The molecule has 0 amide bonds. The quantitative estimate of drug-likeness (QED) is 0.892. The van der Waals surface area contributed by atoms with E-state index in [2.05, 4.69) is 0 Å². The molecule has 0 atom stereocenters. The largest absolute Gasteiger partial charge is 0.478 e. The SMILES string of the molecule is Cc1ccc(-c2cn(C(C)C)cc2C(=O)O)cc1. The molecule has 0 radical (unpaired) electrons. The van der Waals surface area contributed by atoms with Crippen LogP contribution in [0.15, 0.2) is 36.7 Å². The molecule has 0 fully saturated rings. The Morgan fingerprint density at radius 1 is 1.17 bits per heavy atom. The average Bonchev–Trinajstić information content (AvgIpc) is 2.75. The number of aromatic nitrogens is 1. The Labute approximate surface area is 107 Å². The minimum atomic E-state index is -0.884. The van der Waals surface area contributed by atoms with Crippen molar-refractivity contribution in [2.75, 3.05) is 0 Å². The van der Waals surface area contributed by atoms with Gasteiger partial charge in [-0.25, -0.2) is 4.79 Å². The predicted molar refractivity (Wildman–Crippen MR) is 71.9 cm³/mol. The summed E-state index contributed by atoms with van der Waals surface area (Å²) in [6.07, 6.45) is 3.60. The van der Waals surface area contributed by atoms with E-state index >= 15 is 0 Å². The molecule has 2 aromatic rings. The number of carboxylic acids is 1. The second-order valence-electron chi connectivity index (χ2n) is 4.80. The smallest absolute Gasteiger partial charge is 0.337 e. The second kappa shape index (κ2) is 4.69. The maximum absolute atomic E-state index is 11.3. The first-order chi connectivity index (χ1) is 8.49. The molecule has 0 saturated carbocycles. The zero-order valence-electron chi connectivity index (χ0n) is 10.8. The van der Waals surface area contributed by atoms with Crippen molar-refractivity contribution in [2.24, 2.45) is 0 Å². The van der Waals surface area contributed by atoms with Crippen molar-refractivity contribution >= 4 is 5.97 Å². The number of aryl methyl sites for hydroxylation is 1. The number of rotatable bonds is 3. The minimum absolute atomic E-state index is 0.252. The van der Waals surface area contributed by atoms with Crippen LogP contribution in [0.3, 0.4) is 0 Å². The van der Waals surface area contributed by atoms with Gasteiger partial charge in [0.2, 0.25) is 0 Å². The molecule has 18 heavy (non-hydrogen) atoms. The fourth-order valence-corrected chi connectivity index (χ4v) is 1.91. The average molecular weight is 243 g/mol. The van der Waals surface area contributed by atoms with E-state index in [-0.39, 0.29) is 6.04 Å². The van der Waals surface area contributed by atoms with Gasteiger partial charge in [-0.1, -0.05) is 29.8 Å². The van der Waals surface area contributed by atoms with Crippen LogP contribution in [0.4, 0.5) is 0 Å². The minimum Gasteiger partial charge on any atom is -0.478 e. The summed E-state index contributed by atoms with van der Waals surface area (Å²) < 4.78 is 1.93. The third kappa shape index (κ3) is 2.30. The van der Waals surface area contributed by atoms with Crippen LogP contribution in [-0.2, 0) is 0 Å².